The van der Waals surface area contributed by atoms with Crippen LogP contribution >= 0.6 is 0 Å². The molecule has 0 N–H and O–H groups in total. The number of benzene rings is 1. The molecule has 0 saturated heterocycles. The Morgan fingerprint density at radius 2 is 2.04 bits per heavy atom. The second kappa shape index (κ2) is 5.71. The summed E-state index contributed by atoms with van der Waals surface area (Å²) in [5, 5.41) is 10.5. The smallest absolute Gasteiger partial charge is 0.408 e. The number of fused-ring (bicyclic) bond motifs is 1. The Kier molecular flexibility index (Phi) is 3.87. The van der Waals surface area contributed by atoms with E-state index in [0.717, 1.165) is 27.2 Å². The van der Waals surface area contributed by atoms with E-state index >= 15 is 0 Å². The third-order valence-electron chi connectivity index (χ3n) is 3.62. The van der Waals surface area contributed by atoms with Gasteiger partial charge in [-0.15, -0.1) is 5.10 Å². The number of halogens is 3. The molecule has 1 aromatic heterocycles. The second-order valence-corrected chi connectivity index (χ2v) is 5.57. The molecule has 3 rings (SSSR count). The zero-order chi connectivity index (χ0) is 16.6. The van der Waals surface area contributed by atoms with Gasteiger partial charge >= 0.3 is 6.18 Å². The van der Waals surface area contributed by atoms with E-state index in [1.165, 1.54) is 0 Å². The molecule has 124 valence electrons. The van der Waals surface area contributed by atoms with Crippen LogP contribution in [0, 0.1) is 13.8 Å². The fourth-order valence-electron chi connectivity index (χ4n) is 2.70. The molecule has 0 unspecified atom stereocenters. The number of alkyl halides is 3. The second-order valence-electron chi connectivity index (χ2n) is 5.57. The molecule has 1 aliphatic heterocycles. The van der Waals surface area contributed by atoms with Crippen LogP contribution in [0.1, 0.15) is 17.0 Å². The van der Waals surface area contributed by atoms with Crippen molar-refractivity contribution in [1.82, 2.24) is 20.2 Å². The van der Waals surface area contributed by atoms with Crippen molar-refractivity contribution in [1.29, 1.82) is 0 Å². The van der Waals surface area contributed by atoms with Crippen molar-refractivity contribution in [3.05, 3.63) is 29.1 Å². The van der Waals surface area contributed by atoms with Gasteiger partial charge in [0.1, 0.15) is 18.9 Å². The molecule has 0 fully saturated rings. The van der Waals surface area contributed by atoms with Gasteiger partial charge in [0.25, 0.3) is 0 Å². The Hall–Kier alpha value is -2.32. The zero-order valence-electron chi connectivity index (χ0n) is 12.8. The van der Waals surface area contributed by atoms with Crippen molar-refractivity contribution in [3.8, 4) is 5.75 Å². The number of hydrogen-bond donors (Lipinski definition) is 0. The average molecular weight is 327 g/mol. The highest BCUT2D eigenvalue weighted by molar-refractivity contribution is 5.64. The molecule has 6 nitrogen and oxygen atoms in total. The van der Waals surface area contributed by atoms with Crippen LogP contribution in [-0.2, 0) is 13.1 Å². The van der Waals surface area contributed by atoms with Gasteiger partial charge in [-0.3, -0.25) is 0 Å². The van der Waals surface area contributed by atoms with E-state index in [2.05, 4.69) is 15.5 Å². The summed E-state index contributed by atoms with van der Waals surface area (Å²) >= 11 is 0. The molecular formula is C14H16F3N5O. The van der Waals surface area contributed by atoms with Crippen LogP contribution in [0.15, 0.2) is 12.1 Å². The highest BCUT2D eigenvalue weighted by Crippen LogP contribution is 2.36. The van der Waals surface area contributed by atoms with Crippen LogP contribution in [0.2, 0.25) is 0 Å². The first-order chi connectivity index (χ1) is 10.8. The lowest BCUT2D eigenvalue weighted by atomic mass is 10.1. The lowest BCUT2D eigenvalue weighted by Crippen LogP contribution is -2.34. The normalized spacial score (nSPS) is 14.6. The molecule has 0 atom stereocenters. The van der Waals surface area contributed by atoms with Gasteiger partial charge in [-0.2, -0.15) is 13.2 Å². The molecule has 2 aromatic rings. The zero-order valence-corrected chi connectivity index (χ0v) is 12.8. The molecular weight excluding hydrogens is 311 g/mol. The summed E-state index contributed by atoms with van der Waals surface area (Å²) in [6, 6.07) is 3.97. The number of nitrogens with zero attached hydrogens (tertiary/aromatic N) is 5. The Morgan fingerprint density at radius 3 is 2.78 bits per heavy atom. The van der Waals surface area contributed by atoms with E-state index in [-0.39, 0.29) is 12.4 Å². The van der Waals surface area contributed by atoms with Crippen LogP contribution in [0.3, 0.4) is 0 Å². The van der Waals surface area contributed by atoms with Gasteiger partial charge in [-0.1, -0.05) is 6.07 Å². The van der Waals surface area contributed by atoms with Crippen LogP contribution < -0.4 is 9.64 Å². The molecule has 0 aliphatic carbocycles. The molecule has 2 heterocycles. The van der Waals surface area contributed by atoms with E-state index in [1.807, 2.05) is 30.9 Å². The summed E-state index contributed by atoms with van der Waals surface area (Å²) in [6.45, 7) is 3.95. The number of tetrazole rings is 1. The summed E-state index contributed by atoms with van der Waals surface area (Å²) in [5.41, 5.74) is 2.92. The van der Waals surface area contributed by atoms with E-state index in [1.54, 1.807) is 0 Å². The van der Waals surface area contributed by atoms with Crippen LogP contribution in [-0.4, -0.2) is 39.5 Å². The standard InChI is InChI=1S/C14H16F3N5O/c1-9-5-10(2)13-11(6-9)21(3-4-23-13)7-12-18-19-20-22(12)8-14(15,16)17/h5-6H,3-4,7-8H2,1-2H3. The van der Waals surface area contributed by atoms with E-state index in [9.17, 15) is 13.2 Å². The molecule has 1 aliphatic rings. The first-order valence-corrected chi connectivity index (χ1v) is 7.14. The predicted octanol–water partition coefficient (Wildman–Crippen LogP) is 2.25. The molecule has 9 heteroatoms. The summed E-state index contributed by atoms with van der Waals surface area (Å²) in [7, 11) is 0. The summed E-state index contributed by atoms with van der Waals surface area (Å²) in [6.07, 6.45) is -4.36. The van der Waals surface area contributed by atoms with Crippen LogP contribution in [0.4, 0.5) is 18.9 Å². The number of anilines is 1. The van der Waals surface area contributed by atoms with E-state index < -0.39 is 12.7 Å². The van der Waals surface area contributed by atoms with Gasteiger partial charge in [0.2, 0.25) is 0 Å². The average Bonchev–Trinajstić information content (AvgIpc) is 2.84. The predicted molar refractivity (Wildman–Crippen MR) is 76.3 cm³/mol. The lowest BCUT2D eigenvalue weighted by molar-refractivity contribution is -0.143. The maximum absolute atomic E-state index is 12.6. The van der Waals surface area contributed by atoms with E-state index in [4.69, 9.17) is 4.74 Å². The Bertz CT molecular complexity index is 713. The first-order valence-electron chi connectivity index (χ1n) is 7.14. The highest BCUT2D eigenvalue weighted by Gasteiger charge is 2.31. The summed E-state index contributed by atoms with van der Waals surface area (Å²) in [4.78, 5) is 1.94. The van der Waals surface area contributed by atoms with Gasteiger partial charge in [0, 0.05) is 0 Å². The highest BCUT2D eigenvalue weighted by atomic mass is 19.4. The monoisotopic (exact) mass is 327 g/mol. The van der Waals surface area contributed by atoms with Crippen LogP contribution in [0.25, 0.3) is 0 Å². The van der Waals surface area contributed by atoms with Crippen LogP contribution in [0.5, 0.6) is 5.75 Å². The third kappa shape index (κ3) is 3.38. The number of rotatable bonds is 3. The topological polar surface area (TPSA) is 56.1 Å². The summed E-state index contributed by atoms with van der Waals surface area (Å²) in [5.74, 6) is 0.936. The molecule has 0 saturated carbocycles. The van der Waals surface area contributed by atoms with Crippen molar-refractivity contribution in [3.63, 3.8) is 0 Å². The molecule has 0 radical (unpaired) electrons. The Balaban J connectivity index is 1.88. The van der Waals surface area contributed by atoms with E-state index in [0.29, 0.717) is 13.2 Å². The largest absolute Gasteiger partial charge is 0.489 e. The minimum atomic E-state index is -4.36. The first kappa shape index (κ1) is 15.6. The molecule has 1 aromatic carbocycles. The number of aryl methyl sites for hydroxylation is 2. The van der Waals surface area contributed by atoms with Crippen molar-refractivity contribution < 1.29 is 17.9 Å². The van der Waals surface area contributed by atoms with Crippen molar-refractivity contribution in [2.24, 2.45) is 0 Å². The lowest BCUT2D eigenvalue weighted by Gasteiger charge is -2.32. The quantitative estimate of drug-likeness (QED) is 0.865. The molecule has 23 heavy (non-hydrogen) atoms. The van der Waals surface area contributed by atoms with Gasteiger partial charge in [-0.25, -0.2) is 4.68 Å². The minimum absolute atomic E-state index is 0.175. The molecule has 0 spiro atoms. The number of ether oxygens (including phenoxy) is 1. The van der Waals surface area contributed by atoms with Crippen molar-refractivity contribution >= 4 is 5.69 Å². The fourth-order valence-corrected chi connectivity index (χ4v) is 2.70. The van der Waals surface area contributed by atoms with Gasteiger partial charge in [-0.05, 0) is 41.5 Å². The van der Waals surface area contributed by atoms with Gasteiger partial charge in [0.05, 0.1) is 18.8 Å². The Labute approximate surface area is 130 Å². The molecule has 0 bridgehead atoms. The maximum atomic E-state index is 12.6. The summed E-state index contributed by atoms with van der Waals surface area (Å²) < 4.78 is 44.2. The fraction of sp³-hybridized carbons (Fsp3) is 0.500. The maximum Gasteiger partial charge on any atom is 0.408 e. The SMILES string of the molecule is Cc1cc(C)c2c(c1)N(Cc1nnnn1CC(F)(F)F)CCO2. The van der Waals surface area contributed by atoms with Gasteiger partial charge < -0.3 is 9.64 Å². The number of hydrogen-bond acceptors (Lipinski definition) is 5. The van der Waals surface area contributed by atoms with Gasteiger partial charge in [0.15, 0.2) is 5.82 Å². The number of aromatic nitrogens is 4. The van der Waals surface area contributed by atoms with Crippen molar-refractivity contribution in [2.75, 3.05) is 18.1 Å². The Morgan fingerprint density at radius 1 is 1.26 bits per heavy atom. The minimum Gasteiger partial charge on any atom is -0.489 e. The van der Waals surface area contributed by atoms with Crippen molar-refractivity contribution in [2.45, 2.75) is 33.1 Å². The molecule has 0 amide bonds. The third-order valence-corrected chi connectivity index (χ3v) is 3.62.